The maximum Gasteiger partial charge on any atom is 0.320 e. The molecule has 1 aromatic carbocycles. The number of imidazole rings is 1. The van der Waals surface area contributed by atoms with Crippen LogP contribution in [0.15, 0.2) is 22.9 Å². The van der Waals surface area contributed by atoms with Crippen LogP contribution < -0.4 is 5.32 Å². The van der Waals surface area contributed by atoms with Crippen molar-refractivity contribution < 1.29 is 23.6 Å². The largest absolute Gasteiger partial charge is 0.480 e. The summed E-state index contributed by atoms with van der Waals surface area (Å²) in [4.78, 5) is 34.5. The van der Waals surface area contributed by atoms with E-state index in [4.69, 9.17) is 4.52 Å². The monoisotopic (exact) mass is 511 g/mol. The number of nitrogens with one attached hydrogen (secondary N) is 2. The Morgan fingerprint density at radius 3 is 2.78 bits per heavy atom. The lowest BCUT2D eigenvalue weighted by molar-refractivity contribution is -0.142. The minimum atomic E-state index is -0.875. The number of amides is 1. The van der Waals surface area contributed by atoms with Crippen molar-refractivity contribution in [1.29, 1.82) is 0 Å². The highest BCUT2D eigenvalue weighted by Gasteiger charge is 2.33. The maximum atomic E-state index is 15.6. The highest BCUT2D eigenvalue weighted by atomic mass is 19.1. The van der Waals surface area contributed by atoms with Crippen molar-refractivity contribution in [3.8, 4) is 0 Å². The van der Waals surface area contributed by atoms with Gasteiger partial charge in [-0.25, -0.2) is 9.37 Å². The first-order valence-corrected chi connectivity index (χ1v) is 13.2. The second-order valence-corrected chi connectivity index (χ2v) is 10.5. The summed E-state index contributed by atoms with van der Waals surface area (Å²) in [6, 6.07) is 2.47. The molecule has 5 rings (SSSR count). The van der Waals surface area contributed by atoms with Crippen LogP contribution in [0.1, 0.15) is 85.9 Å². The van der Waals surface area contributed by atoms with Gasteiger partial charge in [-0.3, -0.25) is 14.5 Å². The second kappa shape index (κ2) is 10.6. The molecule has 198 valence electrons. The Balaban J connectivity index is 1.44. The molecule has 1 aliphatic carbocycles. The van der Waals surface area contributed by atoms with Gasteiger partial charge in [-0.2, -0.15) is 0 Å². The molecule has 3 heterocycles. The quantitative estimate of drug-likeness (QED) is 0.404. The molecule has 2 fully saturated rings. The molecule has 0 unspecified atom stereocenters. The third-order valence-corrected chi connectivity index (χ3v) is 8.05. The van der Waals surface area contributed by atoms with E-state index in [9.17, 15) is 14.7 Å². The standard InChI is InChI=1S/C27H34FN5O4/c1-3-19-18(14-37-32-19)26(34)31-23(16-8-6-15(2)7-9-16)25-29-20-11-10-17(22(28)24(20)30-25)13-33-12-4-5-21(33)27(35)36/h10-11,14-16,21,23H,3-9,12-13H2,1-2H3,(H,29,30)(H,31,34)(H,35,36)/t15-,16-,21-,23-/m0/s1. The Morgan fingerprint density at radius 1 is 1.27 bits per heavy atom. The van der Waals surface area contributed by atoms with Crippen molar-refractivity contribution in [2.24, 2.45) is 11.8 Å². The lowest BCUT2D eigenvalue weighted by atomic mass is 9.79. The van der Waals surface area contributed by atoms with Crippen molar-refractivity contribution in [3.63, 3.8) is 0 Å². The molecule has 37 heavy (non-hydrogen) atoms. The zero-order chi connectivity index (χ0) is 26.1. The number of fused-ring (bicyclic) bond motifs is 1. The fourth-order valence-corrected chi connectivity index (χ4v) is 5.83. The molecule has 2 aliphatic rings. The van der Waals surface area contributed by atoms with Crippen molar-refractivity contribution >= 4 is 22.9 Å². The Bertz CT molecular complexity index is 1280. The third kappa shape index (κ3) is 5.12. The molecule has 3 N–H and O–H groups in total. The summed E-state index contributed by atoms with van der Waals surface area (Å²) in [6.45, 7) is 4.99. The number of H-pyrrole nitrogens is 1. The highest BCUT2D eigenvalue weighted by Crippen LogP contribution is 2.37. The van der Waals surface area contributed by atoms with E-state index in [1.165, 1.54) is 6.26 Å². The van der Waals surface area contributed by atoms with Crippen LogP contribution in [0.4, 0.5) is 4.39 Å². The minimum absolute atomic E-state index is 0.161. The smallest absolute Gasteiger partial charge is 0.320 e. The number of rotatable bonds is 8. The van der Waals surface area contributed by atoms with Crippen LogP contribution in [-0.4, -0.2) is 49.6 Å². The van der Waals surface area contributed by atoms with Crippen molar-refractivity contribution in [2.75, 3.05) is 6.54 Å². The SMILES string of the molecule is CCc1nocc1C(=O)N[C@H](c1nc2c(F)c(CN3CCC[C@H]3C(=O)O)ccc2[nH]1)[C@H]1CC[C@H](C)CC1. The lowest BCUT2D eigenvalue weighted by Crippen LogP contribution is -2.36. The summed E-state index contributed by atoms with van der Waals surface area (Å²) in [5, 5.41) is 16.5. The Labute approximate surface area is 214 Å². The van der Waals surface area contributed by atoms with Crippen LogP contribution >= 0.6 is 0 Å². The van der Waals surface area contributed by atoms with Crippen molar-refractivity contribution in [2.45, 2.75) is 77.4 Å². The van der Waals surface area contributed by atoms with Gasteiger partial charge in [0.25, 0.3) is 5.91 Å². The molecule has 1 aliphatic heterocycles. The average Bonchev–Trinajstić information content (AvgIpc) is 3.64. The summed E-state index contributed by atoms with van der Waals surface area (Å²) in [5.74, 6) is -0.288. The van der Waals surface area contributed by atoms with E-state index in [1.54, 1.807) is 17.0 Å². The number of likely N-dealkylation sites (tertiary alicyclic amines) is 1. The molecule has 1 amide bonds. The molecule has 2 aromatic heterocycles. The number of carbonyl (C=O) groups excluding carboxylic acids is 1. The van der Waals surface area contributed by atoms with Gasteiger partial charge in [0.15, 0.2) is 5.82 Å². The van der Waals surface area contributed by atoms with Gasteiger partial charge in [0.05, 0.1) is 17.3 Å². The van der Waals surface area contributed by atoms with E-state index in [-0.39, 0.29) is 23.9 Å². The summed E-state index contributed by atoms with van der Waals surface area (Å²) in [7, 11) is 0. The summed E-state index contributed by atoms with van der Waals surface area (Å²) in [5.41, 5.74) is 2.18. The molecular formula is C27H34FN5O4. The summed E-state index contributed by atoms with van der Waals surface area (Å²) in [6.07, 6.45) is 7.28. The third-order valence-electron chi connectivity index (χ3n) is 8.05. The van der Waals surface area contributed by atoms with Crippen LogP contribution in [0.5, 0.6) is 0 Å². The number of hydrogen-bond acceptors (Lipinski definition) is 6. The zero-order valence-corrected chi connectivity index (χ0v) is 21.3. The first kappa shape index (κ1) is 25.4. The summed E-state index contributed by atoms with van der Waals surface area (Å²) >= 11 is 0. The minimum Gasteiger partial charge on any atom is -0.480 e. The van der Waals surface area contributed by atoms with E-state index in [1.807, 2.05) is 6.92 Å². The van der Waals surface area contributed by atoms with Crippen LogP contribution in [0.3, 0.4) is 0 Å². The lowest BCUT2D eigenvalue weighted by Gasteiger charge is -2.32. The number of aryl methyl sites for hydroxylation is 1. The Kier molecular flexibility index (Phi) is 7.28. The molecule has 0 spiro atoms. The normalized spacial score (nSPS) is 23.4. The first-order valence-electron chi connectivity index (χ1n) is 13.2. The Hall–Kier alpha value is -3.27. The predicted molar refractivity (Wildman–Crippen MR) is 134 cm³/mol. The van der Waals surface area contributed by atoms with Crippen LogP contribution in [0.25, 0.3) is 11.0 Å². The highest BCUT2D eigenvalue weighted by molar-refractivity contribution is 5.95. The maximum absolute atomic E-state index is 15.6. The predicted octanol–water partition coefficient (Wildman–Crippen LogP) is 4.60. The van der Waals surface area contributed by atoms with Gasteiger partial charge in [-0.05, 0) is 56.6 Å². The number of halogens is 1. The van der Waals surface area contributed by atoms with Crippen LogP contribution in [0.2, 0.25) is 0 Å². The van der Waals surface area contributed by atoms with Gasteiger partial charge in [0.2, 0.25) is 0 Å². The van der Waals surface area contributed by atoms with Gasteiger partial charge in [-0.15, -0.1) is 0 Å². The molecule has 3 aromatic rings. The van der Waals surface area contributed by atoms with Crippen LogP contribution in [-0.2, 0) is 17.8 Å². The zero-order valence-electron chi connectivity index (χ0n) is 21.3. The number of carbonyl (C=O) groups is 2. The van der Waals surface area contributed by atoms with Gasteiger partial charge in [0, 0.05) is 12.1 Å². The number of hydrogen-bond donors (Lipinski definition) is 3. The summed E-state index contributed by atoms with van der Waals surface area (Å²) < 4.78 is 20.7. The van der Waals surface area contributed by atoms with E-state index in [0.717, 1.165) is 32.1 Å². The van der Waals surface area contributed by atoms with Crippen molar-refractivity contribution in [1.82, 2.24) is 25.3 Å². The molecule has 1 saturated carbocycles. The molecule has 0 bridgehead atoms. The van der Waals surface area contributed by atoms with Gasteiger partial charge >= 0.3 is 5.97 Å². The average molecular weight is 512 g/mol. The number of benzene rings is 1. The van der Waals surface area contributed by atoms with Gasteiger partial charge < -0.3 is 19.9 Å². The molecule has 9 nitrogen and oxygen atoms in total. The fraction of sp³-hybridized carbons (Fsp3) is 0.556. The fourth-order valence-electron chi connectivity index (χ4n) is 5.83. The molecule has 0 radical (unpaired) electrons. The van der Waals surface area contributed by atoms with E-state index < -0.39 is 23.9 Å². The second-order valence-electron chi connectivity index (χ2n) is 10.5. The number of aromatic nitrogens is 3. The first-order chi connectivity index (χ1) is 17.9. The van der Waals surface area contributed by atoms with Gasteiger partial charge in [0.1, 0.15) is 29.2 Å². The molecule has 2 atom stereocenters. The topological polar surface area (TPSA) is 124 Å². The number of aromatic amines is 1. The van der Waals surface area contributed by atoms with E-state index >= 15 is 4.39 Å². The number of aliphatic carboxylic acids is 1. The number of carboxylic acid groups (broad SMARTS) is 1. The number of carboxylic acids is 1. The molecule has 10 heteroatoms. The van der Waals surface area contributed by atoms with Crippen LogP contribution in [0, 0.1) is 17.7 Å². The van der Waals surface area contributed by atoms with Crippen molar-refractivity contribution in [3.05, 3.63) is 46.9 Å². The van der Waals surface area contributed by atoms with Gasteiger partial charge in [-0.1, -0.05) is 37.9 Å². The van der Waals surface area contributed by atoms with E-state index in [2.05, 4.69) is 27.4 Å². The molecule has 1 saturated heterocycles. The molecular weight excluding hydrogens is 477 g/mol. The van der Waals surface area contributed by atoms with E-state index in [0.29, 0.717) is 53.5 Å². The number of nitrogens with zero attached hydrogens (tertiary/aromatic N) is 3. The Morgan fingerprint density at radius 2 is 2.05 bits per heavy atom.